The van der Waals surface area contributed by atoms with Crippen molar-refractivity contribution in [1.29, 1.82) is 0 Å². The molecule has 0 spiro atoms. The van der Waals surface area contributed by atoms with Gasteiger partial charge in [0, 0.05) is 11.1 Å². The topological polar surface area (TPSA) is 40.5 Å². The summed E-state index contributed by atoms with van der Waals surface area (Å²) in [5, 5.41) is 22.4. The first-order chi connectivity index (χ1) is 15.3. The minimum Gasteiger partial charge on any atom is -0.507 e. The lowest BCUT2D eigenvalue weighted by molar-refractivity contribution is 0.419. The molecule has 2 nitrogen and oxygen atoms in total. The molecule has 0 fully saturated rings. The molecule has 0 aliphatic rings. The van der Waals surface area contributed by atoms with Crippen LogP contribution in [-0.2, 0) is 34.5 Å². The summed E-state index contributed by atoms with van der Waals surface area (Å²) in [5.41, 5.74) is 6.30. The number of hydrogen-bond acceptors (Lipinski definition) is 2. The van der Waals surface area contributed by atoms with Crippen molar-refractivity contribution in [3.63, 3.8) is 0 Å². The third kappa shape index (κ3) is 6.37. The fourth-order valence-corrected chi connectivity index (χ4v) is 5.20. The van der Waals surface area contributed by atoms with Crippen LogP contribution in [0, 0.1) is 0 Å². The van der Waals surface area contributed by atoms with Crippen molar-refractivity contribution in [2.75, 3.05) is 0 Å². The van der Waals surface area contributed by atoms with Crippen molar-refractivity contribution < 1.29 is 10.2 Å². The number of aromatic hydroxyl groups is 2. The van der Waals surface area contributed by atoms with Gasteiger partial charge in [-0.25, -0.2) is 0 Å². The fraction of sp³-hybridized carbons (Fsp3) is 0.625. The van der Waals surface area contributed by atoms with Crippen LogP contribution in [0.1, 0.15) is 129 Å². The largest absolute Gasteiger partial charge is 0.507 e. The van der Waals surface area contributed by atoms with Crippen LogP contribution in [0.2, 0.25) is 0 Å². The molecule has 2 aromatic carbocycles. The lowest BCUT2D eigenvalue weighted by Crippen LogP contribution is -2.19. The third-order valence-electron chi connectivity index (χ3n) is 6.79. The SMILES string of the molecule is CC(C)(C)c1ccc(CCCCc2ccc(C(C)(C)C)c(O)c2C(C)(C)C)c(C(C)(C)C)c1O. The number of phenolic OH excluding ortho intramolecular Hbond substituents is 2. The number of rotatable bonds is 5. The Morgan fingerprint density at radius 1 is 0.471 bits per heavy atom. The summed E-state index contributed by atoms with van der Waals surface area (Å²) >= 11 is 0. The van der Waals surface area contributed by atoms with Gasteiger partial charge >= 0.3 is 0 Å². The van der Waals surface area contributed by atoms with E-state index in [1.165, 1.54) is 11.1 Å². The van der Waals surface area contributed by atoms with Crippen molar-refractivity contribution in [2.45, 2.75) is 130 Å². The van der Waals surface area contributed by atoms with E-state index in [1.54, 1.807) is 0 Å². The molecule has 0 atom stereocenters. The van der Waals surface area contributed by atoms with Gasteiger partial charge in [-0.2, -0.15) is 0 Å². The number of phenols is 2. The molecule has 0 saturated heterocycles. The van der Waals surface area contributed by atoms with Crippen molar-refractivity contribution in [3.8, 4) is 11.5 Å². The van der Waals surface area contributed by atoms with Crippen LogP contribution in [0.25, 0.3) is 0 Å². The van der Waals surface area contributed by atoms with Crippen LogP contribution in [0.15, 0.2) is 24.3 Å². The van der Waals surface area contributed by atoms with Crippen LogP contribution in [0.3, 0.4) is 0 Å². The Morgan fingerprint density at radius 2 is 0.765 bits per heavy atom. The molecule has 0 bridgehead atoms. The maximum atomic E-state index is 11.2. The van der Waals surface area contributed by atoms with Crippen LogP contribution in [0.5, 0.6) is 11.5 Å². The third-order valence-corrected chi connectivity index (χ3v) is 6.79. The van der Waals surface area contributed by atoms with Gasteiger partial charge in [-0.15, -0.1) is 0 Å². The van der Waals surface area contributed by atoms with Crippen LogP contribution in [-0.4, -0.2) is 10.2 Å². The van der Waals surface area contributed by atoms with Gasteiger partial charge in [0.2, 0.25) is 0 Å². The minimum absolute atomic E-state index is 0.0901. The standard InChI is InChI=1S/C32H50O2/c1-29(2,3)23-19-17-21(25(27(23)33)31(7,8)9)15-13-14-16-22-18-20-24(30(4,5)6)28(34)26(22)32(10,11)12/h17-20,33-34H,13-16H2,1-12H3. The average molecular weight is 467 g/mol. The summed E-state index contributed by atoms with van der Waals surface area (Å²) in [6, 6.07) is 8.68. The summed E-state index contributed by atoms with van der Waals surface area (Å²) in [4.78, 5) is 0. The molecule has 0 unspecified atom stereocenters. The molecule has 2 heteroatoms. The Hall–Kier alpha value is -1.96. The lowest BCUT2D eigenvalue weighted by atomic mass is 9.76. The molecular formula is C32H50O2. The molecule has 2 N–H and O–H groups in total. The number of hydrogen-bond donors (Lipinski definition) is 2. The van der Waals surface area contributed by atoms with E-state index in [2.05, 4.69) is 107 Å². The predicted octanol–water partition coefficient (Wildman–Crippen LogP) is 8.85. The van der Waals surface area contributed by atoms with Crippen LogP contribution in [0.4, 0.5) is 0 Å². The average Bonchev–Trinajstić information content (AvgIpc) is 2.60. The fourth-order valence-electron chi connectivity index (χ4n) is 5.20. The van der Waals surface area contributed by atoms with Gasteiger partial charge in [-0.1, -0.05) is 107 Å². The van der Waals surface area contributed by atoms with E-state index in [-0.39, 0.29) is 21.7 Å². The summed E-state index contributed by atoms with van der Waals surface area (Å²) in [6.07, 6.45) is 3.98. The van der Waals surface area contributed by atoms with E-state index in [0.29, 0.717) is 11.5 Å². The molecule has 2 aromatic rings. The van der Waals surface area contributed by atoms with Gasteiger partial charge in [-0.3, -0.25) is 0 Å². The normalized spacial score (nSPS) is 13.4. The Bertz CT molecular complexity index is 916. The van der Waals surface area contributed by atoms with Gasteiger partial charge in [0.1, 0.15) is 11.5 Å². The molecule has 0 saturated carbocycles. The second-order valence-electron chi connectivity index (χ2n) is 14.2. The Balaban J connectivity index is 2.28. The summed E-state index contributed by atoms with van der Waals surface area (Å²) < 4.78 is 0. The zero-order chi connectivity index (χ0) is 26.3. The van der Waals surface area contributed by atoms with Gasteiger partial charge in [0.05, 0.1) is 0 Å². The number of aryl methyl sites for hydroxylation is 2. The zero-order valence-corrected chi connectivity index (χ0v) is 24.0. The summed E-state index contributed by atoms with van der Waals surface area (Å²) in [5.74, 6) is 0.936. The van der Waals surface area contributed by atoms with Gasteiger partial charge in [0.25, 0.3) is 0 Å². The van der Waals surface area contributed by atoms with E-state index < -0.39 is 0 Å². The van der Waals surface area contributed by atoms with E-state index >= 15 is 0 Å². The summed E-state index contributed by atoms with van der Waals surface area (Å²) in [6.45, 7) is 26.1. The molecule has 190 valence electrons. The highest BCUT2D eigenvalue weighted by atomic mass is 16.3. The molecule has 2 rings (SSSR count). The second-order valence-corrected chi connectivity index (χ2v) is 14.2. The smallest absolute Gasteiger partial charge is 0.123 e. The maximum Gasteiger partial charge on any atom is 0.123 e. The Morgan fingerprint density at radius 3 is 1.00 bits per heavy atom. The lowest BCUT2D eigenvalue weighted by Gasteiger charge is -2.30. The summed E-state index contributed by atoms with van der Waals surface area (Å²) in [7, 11) is 0. The van der Waals surface area contributed by atoms with E-state index in [1.807, 2.05) is 0 Å². The van der Waals surface area contributed by atoms with Crippen molar-refractivity contribution in [1.82, 2.24) is 0 Å². The van der Waals surface area contributed by atoms with Gasteiger partial charge in [-0.05, 0) is 69.6 Å². The highest BCUT2D eigenvalue weighted by Gasteiger charge is 2.29. The van der Waals surface area contributed by atoms with E-state index in [9.17, 15) is 10.2 Å². The molecular weight excluding hydrogens is 416 g/mol. The first-order valence-electron chi connectivity index (χ1n) is 13.0. The monoisotopic (exact) mass is 466 g/mol. The Labute approximate surface area is 209 Å². The van der Waals surface area contributed by atoms with E-state index in [4.69, 9.17) is 0 Å². The number of benzene rings is 2. The molecule has 0 heterocycles. The first kappa shape index (κ1) is 28.3. The van der Waals surface area contributed by atoms with Crippen molar-refractivity contribution >= 4 is 0 Å². The van der Waals surface area contributed by atoms with Gasteiger partial charge in [0.15, 0.2) is 0 Å². The van der Waals surface area contributed by atoms with Crippen molar-refractivity contribution in [3.05, 3.63) is 57.6 Å². The molecule has 0 radical (unpaired) electrons. The van der Waals surface area contributed by atoms with Crippen LogP contribution >= 0.6 is 0 Å². The molecule has 34 heavy (non-hydrogen) atoms. The quantitative estimate of drug-likeness (QED) is 0.432. The molecule has 0 amide bonds. The highest BCUT2D eigenvalue weighted by Crippen LogP contribution is 2.43. The second kappa shape index (κ2) is 9.59. The van der Waals surface area contributed by atoms with Crippen molar-refractivity contribution in [2.24, 2.45) is 0 Å². The first-order valence-corrected chi connectivity index (χ1v) is 13.0. The molecule has 0 aromatic heterocycles. The zero-order valence-electron chi connectivity index (χ0n) is 24.0. The predicted molar refractivity (Wildman–Crippen MR) is 148 cm³/mol. The maximum absolute atomic E-state index is 11.2. The molecule has 0 aliphatic heterocycles. The molecule has 0 aliphatic carbocycles. The minimum atomic E-state index is -0.116. The Kier molecular flexibility index (Phi) is 7.98. The highest BCUT2D eigenvalue weighted by molar-refractivity contribution is 5.53. The number of unbranched alkanes of at least 4 members (excludes halogenated alkanes) is 1. The van der Waals surface area contributed by atoms with Crippen LogP contribution < -0.4 is 0 Å². The van der Waals surface area contributed by atoms with Gasteiger partial charge < -0.3 is 10.2 Å². The van der Waals surface area contributed by atoms with E-state index in [0.717, 1.165) is 47.9 Å².